The number of fused-ring (bicyclic) bond motifs is 1. The summed E-state index contributed by atoms with van der Waals surface area (Å²) in [4.78, 5) is 14.4. The average Bonchev–Trinajstić information content (AvgIpc) is 3.39. The maximum atomic E-state index is 12.8. The molecule has 0 fully saturated rings. The average molecular weight is 365 g/mol. The molecule has 6 heteroatoms. The van der Waals surface area contributed by atoms with Gasteiger partial charge in [-0.1, -0.05) is 6.07 Å². The summed E-state index contributed by atoms with van der Waals surface area (Å²) in [5.41, 5.74) is 0.864. The second-order valence-electron chi connectivity index (χ2n) is 6.09. The topological polar surface area (TPSA) is 65.1 Å². The number of rotatable bonds is 6. The van der Waals surface area contributed by atoms with E-state index in [-0.39, 0.29) is 5.91 Å². The predicted octanol–water partition coefficient (Wildman–Crippen LogP) is 3.89. The molecule has 2 aromatic heterocycles. The molecule has 4 rings (SSSR count). The summed E-state index contributed by atoms with van der Waals surface area (Å²) in [5.74, 6) is 2.70. The molecule has 138 valence electrons. The molecule has 27 heavy (non-hydrogen) atoms. The van der Waals surface area contributed by atoms with Gasteiger partial charge in [-0.3, -0.25) is 4.79 Å². The standard InChI is InChI=1S/C21H19NO5/c23-21(8-6-16-5-7-19-20(13-16)27-12-11-26-19)22(14-17-3-1-9-24-17)15-18-4-2-10-25-18/h1-10,13H,11-12,14-15H2/b8-6+. The monoisotopic (exact) mass is 365 g/mol. The fourth-order valence-corrected chi connectivity index (χ4v) is 2.83. The van der Waals surface area contributed by atoms with Crippen LogP contribution >= 0.6 is 0 Å². The fourth-order valence-electron chi connectivity index (χ4n) is 2.83. The van der Waals surface area contributed by atoms with Crippen molar-refractivity contribution in [3.05, 3.63) is 78.2 Å². The molecular weight excluding hydrogens is 346 g/mol. The van der Waals surface area contributed by atoms with Gasteiger partial charge in [-0.15, -0.1) is 0 Å². The van der Waals surface area contributed by atoms with Crippen LogP contribution in [0.1, 0.15) is 17.1 Å². The van der Waals surface area contributed by atoms with Gasteiger partial charge in [-0.05, 0) is 48.0 Å². The largest absolute Gasteiger partial charge is 0.486 e. The van der Waals surface area contributed by atoms with Crippen molar-refractivity contribution in [2.75, 3.05) is 13.2 Å². The highest BCUT2D eigenvalue weighted by molar-refractivity contribution is 5.91. The van der Waals surface area contributed by atoms with Gasteiger partial charge in [0.1, 0.15) is 24.7 Å². The summed E-state index contributed by atoms with van der Waals surface area (Å²) >= 11 is 0. The number of amides is 1. The van der Waals surface area contributed by atoms with Crippen LogP contribution in [0.2, 0.25) is 0 Å². The molecule has 1 amide bonds. The van der Waals surface area contributed by atoms with Gasteiger partial charge in [0, 0.05) is 6.08 Å². The van der Waals surface area contributed by atoms with Crippen LogP contribution in [0.3, 0.4) is 0 Å². The molecule has 0 bridgehead atoms. The van der Waals surface area contributed by atoms with Crippen molar-refractivity contribution >= 4 is 12.0 Å². The summed E-state index contributed by atoms with van der Waals surface area (Å²) in [5, 5.41) is 0. The normalized spacial score (nSPS) is 13.0. The Morgan fingerprint density at radius 1 is 0.926 bits per heavy atom. The molecule has 0 saturated heterocycles. The third-order valence-electron chi connectivity index (χ3n) is 4.15. The molecular formula is C21H19NO5. The zero-order chi connectivity index (χ0) is 18.5. The Hall–Kier alpha value is -3.41. The van der Waals surface area contributed by atoms with Gasteiger partial charge in [0.15, 0.2) is 11.5 Å². The number of furan rings is 2. The molecule has 0 saturated carbocycles. The highest BCUT2D eigenvalue weighted by Gasteiger charge is 2.15. The lowest BCUT2D eigenvalue weighted by molar-refractivity contribution is -0.127. The molecule has 0 N–H and O–H groups in total. The maximum absolute atomic E-state index is 12.8. The number of benzene rings is 1. The van der Waals surface area contributed by atoms with Crippen molar-refractivity contribution < 1.29 is 23.1 Å². The van der Waals surface area contributed by atoms with Gasteiger partial charge < -0.3 is 23.2 Å². The first-order valence-corrected chi connectivity index (χ1v) is 8.69. The zero-order valence-electron chi connectivity index (χ0n) is 14.7. The third kappa shape index (κ3) is 4.23. The van der Waals surface area contributed by atoms with Crippen LogP contribution in [0.4, 0.5) is 0 Å². The van der Waals surface area contributed by atoms with Crippen LogP contribution in [-0.4, -0.2) is 24.0 Å². The fraction of sp³-hybridized carbons (Fsp3) is 0.190. The van der Waals surface area contributed by atoms with Crippen molar-refractivity contribution in [2.24, 2.45) is 0 Å². The van der Waals surface area contributed by atoms with E-state index in [1.54, 1.807) is 35.6 Å². The van der Waals surface area contributed by atoms with Crippen LogP contribution in [0, 0.1) is 0 Å². The first-order valence-electron chi connectivity index (χ1n) is 8.69. The maximum Gasteiger partial charge on any atom is 0.247 e. The van der Waals surface area contributed by atoms with Crippen LogP contribution in [0.15, 0.2) is 69.9 Å². The van der Waals surface area contributed by atoms with Crippen molar-refractivity contribution in [3.63, 3.8) is 0 Å². The van der Waals surface area contributed by atoms with E-state index in [1.165, 1.54) is 6.08 Å². The van der Waals surface area contributed by atoms with E-state index in [2.05, 4.69) is 0 Å². The zero-order valence-corrected chi connectivity index (χ0v) is 14.7. The Labute approximate surface area is 156 Å². The molecule has 0 atom stereocenters. The predicted molar refractivity (Wildman–Crippen MR) is 98.1 cm³/mol. The number of carbonyl (C=O) groups excluding carboxylic acids is 1. The van der Waals surface area contributed by atoms with Crippen molar-refractivity contribution in [2.45, 2.75) is 13.1 Å². The first kappa shape index (κ1) is 17.0. The van der Waals surface area contributed by atoms with Gasteiger partial charge in [0.2, 0.25) is 5.91 Å². The quantitative estimate of drug-likeness (QED) is 0.620. The summed E-state index contributed by atoms with van der Waals surface area (Å²) in [6.45, 7) is 1.80. The molecule has 1 aromatic carbocycles. The van der Waals surface area contributed by atoms with Gasteiger partial charge in [0.05, 0.1) is 25.6 Å². The molecule has 3 aromatic rings. The first-order chi connectivity index (χ1) is 13.3. The second-order valence-corrected chi connectivity index (χ2v) is 6.09. The molecule has 1 aliphatic rings. The SMILES string of the molecule is O=C(/C=C/c1ccc2c(c1)OCCO2)N(Cc1ccco1)Cc1ccco1. The summed E-state index contributed by atoms with van der Waals surface area (Å²) in [6, 6.07) is 12.9. The van der Waals surface area contributed by atoms with Crippen LogP contribution in [0.5, 0.6) is 11.5 Å². The van der Waals surface area contributed by atoms with Gasteiger partial charge in [-0.2, -0.15) is 0 Å². The number of hydrogen-bond donors (Lipinski definition) is 0. The van der Waals surface area contributed by atoms with Crippen LogP contribution in [0.25, 0.3) is 6.08 Å². The second kappa shape index (κ2) is 7.86. The number of carbonyl (C=O) groups is 1. The minimum Gasteiger partial charge on any atom is -0.486 e. The highest BCUT2D eigenvalue weighted by Crippen LogP contribution is 2.31. The number of hydrogen-bond acceptors (Lipinski definition) is 5. The van der Waals surface area contributed by atoms with Crippen LogP contribution in [-0.2, 0) is 17.9 Å². The van der Waals surface area contributed by atoms with E-state index in [0.717, 1.165) is 11.3 Å². The Morgan fingerprint density at radius 2 is 1.59 bits per heavy atom. The molecule has 0 unspecified atom stereocenters. The molecule has 0 radical (unpaired) electrons. The van der Waals surface area contributed by atoms with Gasteiger partial charge in [0.25, 0.3) is 0 Å². The van der Waals surface area contributed by atoms with E-state index in [9.17, 15) is 4.79 Å². The van der Waals surface area contributed by atoms with Gasteiger partial charge >= 0.3 is 0 Å². The minimum absolute atomic E-state index is 0.141. The lowest BCUT2D eigenvalue weighted by Crippen LogP contribution is -2.28. The summed E-state index contributed by atoms with van der Waals surface area (Å²) in [7, 11) is 0. The number of ether oxygens (including phenoxy) is 2. The molecule has 0 spiro atoms. The van der Waals surface area contributed by atoms with E-state index in [0.29, 0.717) is 43.6 Å². The summed E-state index contributed by atoms with van der Waals surface area (Å²) < 4.78 is 21.9. The van der Waals surface area contributed by atoms with E-state index in [4.69, 9.17) is 18.3 Å². The Kier molecular flexibility index (Phi) is 4.96. The Balaban J connectivity index is 1.49. The van der Waals surface area contributed by atoms with Crippen molar-refractivity contribution in [1.29, 1.82) is 0 Å². The highest BCUT2D eigenvalue weighted by atomic mass is 16.6. The minimum atomic E-state index is -0.141. The molecule has 1 aliphatic heterocycles. The van der Waals surface area contributed by atoms with Crippen molar-refractivity contribution in [1.82, 2.24) is 4.90 Å². The Morgan fingerprint density at radius 3 is 2.22 bits per heavy atom. The third-order valence-corrected chi connectivity index (χ3v) is 4.15. The lowest BCUT2D eigenvalue weighted by atomic mass is 10.1. The molecule has 0 aliphatic carbocycles. The van der Waals surface area contributed by atoms with E-state index in [1.807, 2.05) is 30.3 Å². The van der Waals surface area contributed by atoms with Crippen LogP contribution < -0.4 is 9.47 Å². The Bertz CT molecular complexity index is 876. The summed E-state index contributed by atoms with van der Waals surface area (Å²) in [6.07, 6.45) is 6.49. The number of nitrogens with zero attached hydrogens (tertiary/aromatic N) is 1. The van der Waals surface area contributed by atoms with Crippen molar-refractivity contribution in [3.8, 4) is 11.5 Å². The molecule has 6 nitrogen and oxygen atoms in total. The van der Waals surface area contributed by atoms with Gasteiger partial charge in [-0.25, -0.2) is 0 Å². The van der Waals surface area contributed by atoms with E-state index >= 15 is 0 Å². The smallest absolute Gasteiger partial charge is 0.247 e. The lowest BCUT2D eigenvalue weighted by Gasteiger charge is -2.19. The van der Waals surface area contributed by atoms with E-state index < -0.39 is 0 Å². The molecule has 3 heterocycles.